The van der Waals surface area contributed by atoms with E-state index in [9.17, 15) is 0 Å². The standard InChI is InChI=1S/C21H23ClN4O/c1-15-17(22)10-6-11-18(15)24-20-14-19(16-8-4-3-5-9-16)25-21(26-20)23-12-7-13-27-2/h3-6,8-11,14H,7,12-13H2,1-2H3,(H2,23,24,25,26). The zero-order chi connectivity index (χ0) is 19.1. The van der Waals surface area contributed by atoms with E-state index in [2.05, 4.69) is 20.6 Å². The van der Waals surface area contributed by atoms with Crippen molar-refractivity contribution in [3.63, 3.8) is 0 Å². The van der Waals surface area contributed by atoms with Gasteiger partial charge in [-0.15, -0.1) is 0 Å². The molecule has 0 radical (unpaired) electrons. The Hall–Kier alpha value is -2.63. The summed E-state index contributed by atoms with van der Waals surface area (Å²) >= 11 is 6.24. The molecule has 0 saturated heterocycles. The number of anilines is 3. The highest BCUT2D eigenvalue weighted by Crippen LogP contribution is 2.28. The lowest BCUT2D eigenvalue weighted by Crippen LogP contribution is -2.09. The Morgan fingerprint density at radius 3 is 2.63 bits per heavy atom. The van der Waals surface area contributed by atoms with Crippen molar-refractivity contribution in [2.75, 3.05) is 30.9 Å². The smallest absolute Gasteiger partial charge is 0.225 e. The van der Waals surface area contributed by atoms with Gasteiger partial charge in [0, 0.05) is 42.6 Å². The van der Waals surface area contributed by atoms with Crippen molar-refractivity contribution in [2.45, 2.75) is 13.3 Å². The van der Waals surface area contributed by atoms with Crippen LogP contribution in [0.3, 0.4) is 0 Å². The van der Waals surface area contributed by atoms with Crippen molar-refractivity contribution in [1.82, 2.24) is 9.97 Å². The molecule has 140 valence electrons. The Bertz CT molecular complexity index is 887. The van der Waals surface area contributed by atoms with Crippen LogP contribution in [0.4, 0.5) is 17.5 Å². The normalized spacial score (nSPS) is 10.6. The summed E-state index contributed by atoms with van der Waals surface area (Å²) in [7, 11) is 1.70. The molecule has 0 aliphatic rings. The molecule has 6 heteroatoms. The lowest BCUT2D eigenvalue weighted by atomic mass is 10.1. The Morgan fingerprint density at radius 2 is 1.85 bits per heavy atom. The number of ether oxygens (including phenoxy) is 1. The van der Waals surface area contributed by atoms with Gasteiger partial charge in [-0.1, -0.05) is 48.0 Å². The summed E-state index contributed by atoms with van der Waals surface area (Å²) in [5, 5.41) is 7.36. The van der Waals surface area contributed by atoms with Crippen LogP contribution in [-0.2, 0) is 4.74 Å². The first-order valence-corrected chi connectivity index (χ1v) is 9.24. The molecule has 1 aromatic heterocycles. The Balaban J connectivity index is 1.90. The van der Waals surface area contributed by atoms with Gasteiger partial charge >= 0.3 is 0 Å². The zero-order valence-electron chi connectivity index (χ0n) is 15.5. The number of nitrogens with one attached hydrogen (secondary N) is 2. The minimum Gasteiger partial charge on any atom is -0.385 e. The Morgan fingerprint density at radius 1 is 1.04 bits per heavy atom. The van der Waals surface area contributed by atoms with E-state index >= 15 is 0 Å². The predicted octanol–water partition coefficient (Wildman–Crippen LogP) is 5.30. The average molecular weight is 383 g/mol. The van der Waals surface area contributed by atoms with Gasteiger partial charge in [0.05, 0.1) is 5.69 Å². The van der Waals surface area contributed by atoms with Crippen LogP contribution in [0.15, 0.2) is 54.6 Å². The van der Waals surface area contributed by atoms with E-state index in [1.54, 1.807) is 7.11 Å². The van der Waals surface area contributed by atoms with Crippen molar-refractivity contribution in [3.05, 3.63) is 65.2 Å². The molecule has 0 spiro atoms. The summed E-state index contributed by atoms with van der Waals surface area (Å²) in [5.41, 5.74) is 3.78. The number of methoxy groups -OCH3 is 1. The molecule has 0 unspecified atom stereocenters. The highest BCUT2D eigenvalue weighted by atomic mass is 35.5. The van der Waals surface area contributed by atoms with E-state index in [4.69, 9.17) is 16.3 Å². The van der Waals surface area contributed by atoms with Crippen LogP contribution in [0.2, 0.25) is 5.02 Å². The van der Waals surface area contributed by atoms with Gasteiger partial charge in [0.2, 0.25) is 5.95 Å². The largest absolute Gasteiger partial charge is 0.385 e. The summed E-state index contributed by atoms with van der Waals surface area (Å²) in [4.78, 5) is 9.26. The van der Waals surface area contributed by atoms with Gasteiger partial charge in [-0.3, -0.25) is 0 Å². The molecular weight excluding hydrogens is 360 g/mol. The Kier molecular flexibility index (Phi) is 6.63. The third kappa shape index (κ3) is 5.18. The highest BCUT2D eigenvalue weighted by molar-refractivity contribution is 6.31. The summed E-state index contributed by atoms with van der Waals surface area (Å²) in [5.74, 6) is 1.29. The van der Waals surface area contributed by atoms with E-state index in [-0.39, 0.29) is 0 Å². The van der Waals surface area contributed by atoms with Crippen molar-refractivity contribution in [1.29, 1.82) is 0 Å². The molecule has 1 heterocycles. The van der Waals surface area contributed by atoms with Crippen LogP contribution >= 0.6 is 11.6 Å². The molecular formula is C21H23ClN4O. The lowest BCUT2D eigenvalue weighted by molar-refractivity contribution is 0.197. The van der Waals surface area contributed by atoms with Gasteiger partial charge in [-0.25, -0.2) is 4.98 Å². The fourth-order valence-electron chi connectivity index (χ4n) is 2.64. The number of hydrogen-bond donors (Lipinski definition) is 2. The number of aromatic nitrogens is 2. The maximum atomic E-state index is 6.24. The fourth-order valence-corrected chi connectivity index (χ4v) is 2.82. The SMILES string of the molecule is COCCCNc1nc(Nc2cccc(Cl)c2C)cc(-c2ccccc2)n1. The molecule has 0 aliphatic carbocycles. The summed E-state index contributed by atoms with van der Waals surface area (Å²) in [6, 6.07) is 17.8. The molecule has 0 fully saturated rings. The predicted molar refractivity (Wildman–Crippen MR) is 112 cm³/mol. The molecule has 3 rings (SSSR count). The third-order valence-corrected chi connectivity index (χ3v) is 4.54. The van der Waals surface area contributed by atoms with Crippen molar-refractivity contribution in [3.8, 4) is 11.3 Å². The number of benzene rings is 2. The molecule has 5 nitrogen and oxygen atoms in total. The third-order valence-electron chi connectivity index (χ3n) is 4.13. The molecule has 0 aliphatic heterocycles. The number of rotatable bonds is 8. The van der Waals surface area contributed by atoms with Gasteiger partial charge in [-0.05, 0) is 31.0 Å². The highest BCUT2D eigenvalue weighted by Gasteiger charge is 2.09. The molecule has 0 amide bonds. The van der Waals surface area contributed by atoms with Crippen molar-refractivity contribution in [2.24, 2.45) is 0 Å². The summed E-state index contributed by atoms with van der Waals surface area (Å²) in [6.07, 6.45) is 0.881. The second-order valence-corrected chi connectivity index (χ2v) is 6.55. The monoisotopic (exact) mass is 382 g/mol. The van der Waals surface area contributed by atoms with E-state index in [0.29, 0.717) is 18.4 Å². The first-order valence-electron chi connectivity index (χ1n) is 8.87. The molecule has 2 N–H and O–H groups in total. The summed E-state index contributed by atoms with van der Waals surface area (Å²) < 4.78 is 5.09. The second kappa shape index (κ2) is 9.35. The maximum absolute atomic E-state index is 6.24. The fraction of sp³-hybridized carbons (Fsp3) is 0.238. The summed E-state index contributed by atoms with van der Waals surface area (Å²) in [6.45, 7) is 3.41. The van der Waals surface area contributed by atoms with Crippen LogP contribution in [0.25, 0.3) is 11.3 Å². The minimum absolute atomic E-state index is 0.578. The molecule has 27 heavy (non-hydrogen) atoms. The topological polar surface area (TPSA) is 59.1 Å². The number of nitrogens with zero attached hydrogens (tertiary/aromatic N) is 2. The van der Waals surface area contributed by atoms with Crippen LogP contribution in [-0.4, -0.2) is 30.2 Å². The molecule has 0 bridgehead atoms. The lowest BCUT2D eigenvalue weighted by Gasteiger charge is -2.13. The molecule has 0 saturated carbocycles. The van der Waals surface area contributed by atoms with Gasteiger partial charge in [-0.2, -0.15) is 4.98 Å². The van der Waals surface area contributed by atoms with Gasteiger partial charge in [0.15, 0.2) is 0 Å². The van der Waals surface area contributed by atoms with Gasteiger partial charge in [0.25, 0.3) is 0 Å². The maximum Gasteiger partial charge on any atom is 0.225 e. The first kappa shape index (κ1) is 19.1. The van der Waals surface area contributed by atoms with Crippen molar-refractivity contribution < 1.29 is 4.74 Å². The minimum atomic E-state index is 0.578. The van der Waals surface area contributed by atoms with Gasteiger partial charge < -0.3 is 15.4 Å². The van der Waals surface area contributed by atoms with Crippen LogP contribution in [0, 0.1) is 6.92 Å². The molecule has 2 aromatic carbocycles. The van der Waals surface area contributed by atoms with E-state index in [1.165, 1.54) is 0 Å². The van der Waals surface area contributed by atoms with Crippen LogP contribution < -0.4 is 10.6 Å². The van der Waals surface area contributed by atoms with Crippen LogP contribution in [0.5, 0.6) is 0 Å². The quantitative estimate of drug-likeness (QED) is 0.518. The Labute approximate surface area is 164 Å². The zero-order valence-corrected chi connectivity index (χ0v) is 16.3. The number of halogens is 1. The number of hydrogen-bond acceptors (Lipinski definition) is 5. The van der Waals surface area contributed by atoms with Crippen LogP contribution in [0.1, 0.15) is 12.0 Å². The van der Waals surface area contributed by atoms with Crippen molar-refractivity contribution >= 4 is 29.1 Å². The van der Waals surface area contributed by atoms with E-state index in [1.807, 2.05) is 61.5 Å². The first-order chi connectivity index (χ1) is 13.2. The van der Waals surface area contributed by atoms with E-state index < -0.39 is 0 Å². The second-order valence-electron chi connectivity index (χ2n) is 6.14. The molecule has 3 aromatic rings. The van der Waals surface area contributed by atoms with Gasteiger partial charge in [0.1, 0.15) is 5.82 Å². The average Bonchev–Trinajstić information content (AvgIpc) is 2.69. The molecule has 0 atom stereocenters. The van der Waals surface area contributed by atoms with E-state index in [0.717, 1.165) is 40.5 Å².